The van der Waals surface area contributed by atoms with E-state index >= 15 is 0 Å². The molecule has 5 heteroatoms. The molecule has 0 heterocycles. The smallest absolute Gasteiger partial charge is 0.339 e. The lowest BCUT2D eigenvalue weighted by molar-refractivity contribution is -0.404. The molecule has 0 fully saturated rings. The summed E-state index contributed by atoms with van der Waals surface area (Å²) in [4.78, 5) is 22.1. The second-order valence-corrected chi connectivity index (χ2v) is 5.74. The van der Waals surface area contributed by atoms with Crippen molar-refractivity contribution in [3.8, 4) is 0 Å². The van der Waals surface area contributed by atoms with Crippen molar-refractivity contribution in [2.45, 2.75) is 84.0 Å². The molecule has 0 amide bonds. The van der Waals surface area contributed by atoms with E-state index in [2.05, 4.69) is 0 Å². The number of carbonyl (C=O) groups is 1. The Labute approximate surface area is 115 Å². The van der Waals surface area contributed by atoms with Gasteiger partial charge in [0.25, 0.3) is 0 Å². The first-order valence-electron chi connectivity index (χ1n) is 6.97. The van der Waals surface area contributed by atoms with Crippen LogP contribution in [0, 0.1) is 0 Å². The van der Waals surface area contributed by atoms with Gasteiger partial charge in [0.1, 0.15) is 5.60 Å². The molecule has 0 radical (unpaired) electrons. The van der Waals surface area contributed by atoms with E-state index in [4.69, 9.17) is 9.78 Å². The van der Waals surface area contributed by atoms with E-state index in [0.717, 1.165) is 12.8 Å². The molecular formula is C14H28O5. The van der Waals surface area contributed by atoms with E-state index in [1.165, 1.54) is 0 Å². The Morgan fingerprint density at radius 2 is 1.84 bits per heavy atom. The van der Waals surface area contributed by atoms with Gasteiger partial charge in [-0.3, -0.25) is 0 Å². The molecule has 0 saturated carbocycles. The standard InChI is InChI=1S/C14H28O5/c1-6-8-9-14(7-2,12(16)17)19-18-13(4,5)10-11(3)15/h11,15H,6-10H2,1-5H3,(H,16,17). The molecule has 0 aliphatic heterocycles. The van der Waals surface area contributed by atoms with Gasteiger partial charge in [-0.1, -0.05) is 26.7 Å². The summed E-state index contributed by atoms with van der Waals surface area (Å²) >= 11 is 0. The lowest BCUT2D eigenvalue weighted by atomic mass is 9.94. The maximum absolute atomic E-state index is 11.4. The highest BCUT2D eigenvalue weighted by Crippen LogP contribution is 2.28. The quantitative estimate of drug-likeness (QED) is 0.474. The van der Waals surface area contributed by atoms with Crippen LogP contribution in [0.5, 0.6) is 0 Å². The van der Waals surface area contributed by atoms with Crippen LogP contribution in [0.25, 0.3) is 0 Å². The highest BCUT2D eigenvalue weighted by molar-refractivity contribution is 5.77. The number of hydrogen-bond acceptors (Lipinski definition) is 4. The highest BCUT2D eigenvalue weighted by atomic mass is 17.2. The number of carboxylic acid groups (broad SMARTS) is 1. The van der Waals surface area contributed by atoms with E-state index in [-0.39, 0.29) is 0 Å². The highest BCUT2D eigenvalue weighted by Gasteiger charge is 2.40. The van der Waals surface area contributed by atoms with Gasteiger partial charge in [-0.05, 0) is 33.6 Å². The zero-order chi connectivity index (χ0) is 15.1. The third kappa shape index (κ3) is 6.36. The number of carboxylic acids is 1. The molecule has 0 spiro atoms. The van der Waals surface area contributed by atoms with Crippen molar-refractivity contribution in [2.24, 2.45) is 0 Å². The van der Waals surface area contributed by atoms with Gasteiger partial charge in [0, 0.05) is 6.42 Å². The fourth-order valence-corrected chi connectivity index (χ4v) is 1.97. The minimum atomic E-state index is -1.30. The van der Waals surface area contributed by atoms with E-state index < -0.39 is 23.3 Å². The summed E-state index contributed by atoms with van der Waals surface area (Å²) in [6.07, 6.45) is 2.26. The molecular weight excluding hydrogens is 248 g/mol. The van der Waals surface area contributed by atoms with Gasteiger partial charge in [0.05, 0.1) is 6.10 Å². The van der Waals surface area contributed by atoms with Crippen LogP contribution in [-0.2, 0) is 14.6 Å². The predicted molar refractivity (Wildman–Crippen MR) is 72.7 cm³/mol. The molecule has 2 atom stereocenters. The molecule has 19 heavy (non-hydrogen) atoms. The van der Waals surface area contributed by atoms with Gasteiger partial charge < -0.3 is 10.2 Å². The monoisotopic (exact) mass is 276 g/mol. The van der Waals surface area contributed by atoms with Gasteiger partial charge in [-0.25, -0.2) is 14.6 Å². The van der Waals surface area contributed by atoms with Crippen molar-refractivity contribution >= 4 is 5.97 Å². The average molecular weight is 276 g/mol. The molecule has 0 aliphatic carbocycles. The maximum Gasteiger partial charge on any atom is 0.339 e. The molecule has 0 aromatic heterocycles. The van der Waals surface area contributed by atoms with Crippen LogP contribution < -0.4 is 0 Å². The molecule has 2 N–H and O–H groups in total. The van der Waals surface area contributed by atoms with Gasteiger partial charge in [-0.2, -0.15) is 0 Å². The Balaban J connectivity index is 4.69. The lowest BCUT2D eigenvalue weighted by Crippen LogP contribution is -2.44. The third-order valence-corrected chi connectivity index (χ3v) is 3.11. The Kier molecular flexibility index (Phi) is 7.55. The number of aliphatic hydroxyl groups is 1. The van der Waals surface area contributed by atoms with Crippen molar-refractivity contribution in [1.82, 2.24) is 0 Å². The van der Waals surface area contributed by atoms with E-state index in [1.807, 2.05) is 6.92 Å². The van der Waals surface area contributed by atoms with Gasteiger partial charge in [-0.15, -0.1) is 0 Å². The van der Waals surface area contributed by atoms with Gasteiger partial charge in [0.2, 0.25) is 0 Å². The molecule has 0 saturated heterocycles. The fraction of sp³-hybridized carbons (Fsp3) is 0.929. The number of aliphatic hydroxyl groups excluding tert-OH is 1. The number of unbranched alkanes of at least 4 members (excludes halogenated alkanes) is 1. The first-order chi connectivity index (χ1) is 8.69. The summed E-state index contributed by atoms with van der Waals surface area (Å²) < 4.78 is 0. The van der Waals surface area contributed by atoms with Crippen molar-refractivity contribution < 1.29 is 24.8 Å². The number of aliphatic carboxylic acids is 1. The topological polar surface area (TPSA) is 76.0 Å². The first kappa shape index (κ1) is 18.4. The Morgan fingerprint density at radius 1 is 1.26 bits per heavy atom. The predicted octanol–water partition coefficient (Wildman–Crippen LogP) is 2.91. The van der Waals surface area contributed by atoms with Crippen LogP contribution >= 0.6 is 0 Å². The second kappa shape index (κ2) is 7.82. The van der Waals surface area contributed by atoms with E-state index in [0.29, 0.717) is 19.3 Å². The molecule has 0 aromatic rings. The number of rotatable bonds is 10. The summed E-state index contributed by atoms with van der Waals surface area (Å²) in [6.45, 7) is 8.96. The van der Waals surface area contributed by atoms with Crippen molar-refractivity contribution in [3.05, 3.63) is 0 Å². The second-order valence-electron chi connectivity index (χ2n) is 5.74. The Bertz CT molecular complexity index is 275. The van der Waals surface area contributed by atoms with Crippen LogP contribution in [0.2, 0.25) is 0 Å². The van der Waals surface area contributed by atoms with Crippen molar-refractivity contribution in [2.75, 3.05) is 0 Å². The molecule has 114 valence electrons. The number of hydrogen-bond donors (Lipinski definition) is 2. The minimum Gasteiger partial charge on any atom is -0.479 e. The summed E-state index contributed by atoms with van der Waals surface area (Å²) in [6, 6.07) is 0. The summed E-state index contributed by atoms with van der Waals surface area (Å²) in [5.74, 6) is -1.00. The van der Waals surface area contributed by atoms with Crippen LogP contribution in [0.15, 0.2) is 0 Å². The van der Waals surface area contributed by atoms with E-state index in [9.17, 15) is 15.0 Å². The van der Waals surface area contributed by atoms with Gasteiger partial charge >= 0.3 is 5.97 Å². The Hall–Kier alpha value is -0.650. The van der Waals surface area contributed by atoms with Crippen molar-refractivity contribution in [3.63, 3.8) is 0 Å². The average Bonchev–Trinajstić information content (AvgIpc) is 2.27. The first-order valence-corrected chi connectivity index (χ1v) is 6.97. The summed E-state index contributed by atoms with van der Waals surface area (Å²) in [5, 5.41) is 18.7. The Morgan fingerprint density at radius 3 is 2.21 bits per heavy atom. The van der Waals surface area contributed by atoms with Crippen LogP contribution in [0.3, 0.4) is 0 Å². The fourth-order valence-electron chi connectivity index (χ4n) is 1.97. The van der Waals surface area contributed by atoms with Crippen LogP contribution in [0.1, 0.15) is 66.7 Å². The zero-order valence-electron chi connectivity index (χ0n) is 12.7. The largest absolute Gasteiger partial charge is 0.479 e. The molecule has 0 rings (SSSR count). The molecule has 5 nitrogen and oxygen atoms in total. The lowest BCUT2D eigenvalue weighted by Gasteiger charge is -2.32. The third-order valence-electron chi connectivity index (χ3n) is 3.11. The van der Waals surface area contributed by atoms with Gasteiger partial charge in [0.15, 0.2) is 5.60 Å². The normalized spacial score (nSPS) is 16.9. The van der Waals surface area contributed by atoms with Crippen LogP contribution in [0.4, 0.5) is 0 Å². The minimum absolute atomic E-state index is 0.340. The van der Waals surface area contributed by atoms with E-state index in [1.54, 1.807) is 27.7 Å². The molecule has 0 aromatic carbocycles. The molecule has 0 bridgehead atoms. The summed E-state index contributed by atoms with van der Waals surface area (Å²) in [5.41, 5.74) is -2.03. The van der Waals surface area contributed by atoms with Crippen LogP contribution in [-0.4, -0.2) is 33.5 Å². The molecule has 2 unspecified atom stereocenters. The summed E-state index contributed by atoms with van der Waals surface area (Å²) in [7, 11) is 0. The zero-order valence-corrected chi connectivity index (χ0v) is 12.7. The SMILES string of the molecule is CCCCC(CC)(OOC(C)(C)CC(C)O)C(=O)O. The maximum atomic E-state index is 11.4. The van der Waals surface area contributed by atoms with Crippen molar-refractivity contribution in [1.29, 1.82) is 0 Å². The molecule has 0 aliphatic rings.